The van der Waals surface area contributed by atoms with Crippen LogP contribution >= 0.6 is 0 Å². The molecule has 0 aliphatic carbocycles. The molecule has 0 saturated carbocycles. The van der Waals surface area contributed by atoms with Crippen molar-refractivity contribution in [2.45, 2.75) is 20.8 Å². The van der Waals surface area contributed by atoms with E-state index in [0.717, 1.165) is 0 Å². The smallest absolute Gasteiger partial charge is 0.483 e. The number of hydrogen-bond donors (Lipinski definition) is 0. The van der Waals surface area contributed by atoms with Crippen molar-refractivity contribution in [1.82, 2.24) is 0 Å². The number of ether oxygens (including phenoxy) is 1. The molecule has 0 aliphatic heterocycles. The standard InChI is InChI=1S/C13H17F5O4Si/c1-4-20-23(21-5-2,22-6-3)7-19-13-11(17)9(15)8(14)10(16)12(13)18/h4-7H2,1-3H3. The summed E-state index contributed by atoms with van der Waals surface area (Å²) >= 11 is 0. The van der Waals surface area contributed by atoms with E-state index in [1.165, 1.54) is 0 Å². The minimum atomic E-state index is -3.47. The number of hydrogen-bond acceptors (Lipinski definition) is 4. The molecule has 132 valence electrons. The molecule has 0 aliphatic rings. The summed E-state index contributed by atoms with van der Waals surface area (Å²) in [6.45, 7) is 5.39. The van der Waals surface area contributed by atoms with Gasteiger partial charge in [0.25, 0.3) is 0 Å². The van der Waals surface area contributed by atoms with E-state index in [9.17, 15) is 22.0 Å². The van der Waals surface area contributed by atoms with Crippen molar-refractivity contribution >= 4 is 8.80 Å². The van der Waals surface area contributed by atoms with Crippen molar-refractivity contribution in [2.24, 2.45) is 0 Å². The van der Waals surface area contributed by atoms with Gasteiger partial charge in [-0.1, -0.05) is 0 Å². The maximum Gasteiger partial charge on any atom is 0.540 e. The fourth-order valence-electron chi connectivity index (χ4n) is 1.78. The van der Waals surface area contributed by atoms with Crippen LogP contribution in [0.15, 0.2) is 0 Å². The third-order valence-corrected chi connectivity index (χ3v) is 5.34. The molecule has 0 atom stereocenters. The summed E-state index contributed by atoms with van der Waals surface area (Å²) in [5.41, 5.74) is 0. The third-order valence-electron chi connectivity index (χ3n) is 2.66. The van der Waals surface area contributed by atoms with Crippen LogP contribution in [0.3, 0.4) is 0 Å². The van der Waals surface area contributed by atoms with Crippen LogP contribution in [-0.2, 0) is 13.3 Å². The molecule has 4 nitrogen and oxygen atoms in total. The predicted molar refractivity (Wildman–Crippen MR) is 72.4 cm³/mol. The average Bonchev–Trinajstić information content (AvgIpc) is 2.52. The lowest BCUT2D eigenvalue weighted by Gasteiger charge is -2.28. The highest BCUT2D eigenvalue weighted by atomic mass is 28.4. The van der Waals surface area contributed by atoms with Gasteiger partial charge in [-0.25, -0.2) is 13.2 Å². The molecule has 23 heavy (non-hydrogen) atoms. The minimum Gasteiger partial charge on any atom is -0.483 e. The SMILES string of the molecule is CCO[Si](COc1c(F)c(F)c(F)c(F)c1F)(OCC)OCC. The second-order valence-corrected chi connectivity index (χ2v) is 6.69. The Kier molecular flexibility index (Phi) is 7.38. The second kappa shape index (κ2) is 8.57. The first-order valence-corrected chi connectivity index (χ1v) is 8.82. The Morgan fingerprint density at radius 2 is 1.00 bits per heavy atom. The third kappa shape index (κ3) is 4.40. The van der Waals surface area contributed by atoms with Crippen molar-refractivity contribution in [3.63, 3.8) is 0 Å². The maximum absolute atomic E-state index is 13.6. The largest absolute Gasteiger partial charge is 0.540 e. The summed E-state index contributed by atoms with van der Waals surface area (Å²) < 4.78 is 87.3. The van der Waals surface area contributed by atoms with Gasteiger partial charge in [0.2, 0.25) is 29.1 Å². The van der Waals surface area contributed by atoms with Crippen LogP contribution in [-0.4, -0.2) is 34.9 Å². The van der Waals surface area contributed by atoms with Crippen molar-refractivity contribution in [2.75, 3.05) is 26.1 Å². The summed E-state index contributed by atoms with van der Waals surface area (Å²) in [6.07, 6.45) is -0.596. The van der Waals surface area contributed by atoms with E-state index < -0.39 is 49.9 Å². The van der Waals surface area contributed by atoms with E-state index in [-0.39, 0.29) is 19.8 Å². The maximum atomic E-state index is 13.6. The first-order valence-electron chi connectivity index (χ1n) is 6.89. The van der Waals surface area contributed by atoms with Crippen LogP contribution in [0.1, 0.15) is 20.8 Å². The molecule has 0 fully saturated rings. The summed E-state index contributed by atoms with van der Waals surface area (Å²) in [4.78, 5) is 0. The van der Waals surface area contributed by atoms with Crippen LogP contribution in [0.25, 0.3) is 0 Å². The topological polar surface area (TPSA) is 36.9 Å². The summed E-state index contributed by atoms with van der Waals surface area (Å²) in [7, 11) is -3.47. The second-order valence-electron chi connectivity index (χ2n) is 4.17. The summed E-state index contributed by atoms with van der Waals surface area (Å²) in [5.74, 6) is -11.9. The Hall–Kier alpha value is -1.23. The van der Waals surface area contributed by atoms with Gasteiger partial charge in [-0.3, -0.25) is 0 Å². The molecule has 0 amide bonds. The number of benzene rings is 1. The van der Waals surface area contributed by atoms with Gasteiger partial charge < -0.3 is 18.0 Å². The normalized spacial score (nSPS) is 11.8. The van der Waals surface area contributed by atoms with Crippen LogP contribution in [0.5, 0.6) is 5.75 Å². The van der Waals surface area contributed by atoms with E-state index >= 15 is 0 Å². The molecule has 1 aromatic carbocycles. The van der Waals surface area contributed by atoms with Crippen molar-refractivity contribution in [3.8, 4) is 5.75 Å². The van der Waals surface area contributed by atoms with Crippen LogP contribution in [0, 0.1) is 29.1 Å². The molecule has 0 heterocycles. The first kappa shape index (κ1) is 19.8. The molecule has 1 rings (SSSR count). The highest BCUT2D eigenvalue weighted by molar-refractivity contribution is 6.60. The number of rotatable bonds is 9. The van der Waals surface area contributed by atoms with E-state index in [0.29, 0.717) is 0 Å². The zero-order valence-corrected chi connectivity index (χ0v) is 13.9. The lowest BCUT2D eigenvalue weighted by Crippen LogP contribution is -2.52. The van der Waals surface area contributed by atoms with E-state index in [1.54, 1.807) is 20.8 Å². The Morgan fingerprint density at radius 1 is 0.652 bits per heavy atom. The Morgan fingerprint density at radius 3 is 1.35 bits per heavy atom. The molecule has 0 N–H and O–H groups in total. The molecular formula is C13H17F5O4Si. The molecule has 0 radical (unpaired) electrons. The van der Waals surface area contributed by atoms with Gasteiger partial charge in [0.05, 0.1) is 0 Å². The molecule has 0 bridgehead atoms. The molecule has 0 spiro atoms. The Labute approximate surface area is 131 Å². The quantitative estimate of drug-likeness (QED) is 0.293. The fourth-order valence-corrected chi connectivity index (χ4v) is 3.92. The molecule has 10 heteroatoms. The lowest BCUT2D eigenvalue weighted by molar-refractivity contribution is 0.0526. The lowest BCUT2D eigenvalue weighted by atomic mass is 10.3. The van der Waals surface area contributed by atoms with Crippen LogP contribution < -0.4 is 4.74 Å². The Balaban J connectivity index is 3.11. The van der Waals surface area contributed by atoms with Crippen molar-refractivity contribution in [3.05, 3.63) is 29.1 Å². The monoisotopic (exact) mass is 360 g/mol. The average molecular weight is 360 g/mol. The molecular weight excluding hydrogens is 343 g/mol. The van der Waals surface area contributed by atoms with Gasteiger partial charge >= 0.3 is 8.80 Å². The van der Waals surface area contributed by atoms with Gasteiger partial charge in [-0.15, -0.1) is 0 Å². The Bertz CT molecular complexity index is 498. The highest BCUT2D eigenvalue weighted by Gasteiger charge is 2.43. The minimum absolute atomic E-state index is 0.159. The van der Waals surface area contributed by atoms with Gasteiger partial charge in [0, 0.05) is 19.8 Å². The van der Waals surface area contributed by atoms with Gasteiger partial charge in [0.1, 0.15) is 0 Å². The molecule has 0 aromatic heterocycles. The van der Waals surface area contributed by atoms with Gasteiger partial charge in [0.15, 0.2) is 12.0 Å². The zero-order chi connectivity index (χ0) is 17.6. The summed E-state index contributed by atoms with van der Waals surface area (Å²) in [5, 5.41) is 0. The van der Waals surface area contributed by atoms with Crippen LogP contribution in [0.2, 0.25) is 0 Å². The summed E-state index contributed by atoms with van der Waals surface area (Å²) in [6, 6.07) is 0. The van der Waals surface area contributed by atoms with Crippen molar-refractivity contribution in [1.29, 1.82) is 0 Å². The van der Waals surface area contributed by atoms with E-state index in [2.05, 4.69) is 0 Å². The first-order chi connectivity index (χ1) is 10.8. The molecule has 0 unspecified atom stereocenters. The highest BCUT2D eigenvalue weighted by Crippen LogP contribution is 2.29. The molecule has 1 aromatic rings. The van der Waals surface area contributed by atoms with E-state index in [1.807, 2.05) is 0 Å². The van der Waals surface area contributed by atoms with Crippen molar-refractivity contribution < 1.29 is 40.0 Å². The fraction of sp³-hybridized carbons (Fsp3) is 0.538. The number of halogens is 5. The van der Waals surface area contributed by atoms with Crippen LogP contribution in [0.4, 0.5) is 22.0 Å². The zero-order valence-electron chi connectivity index (χ0n) is 12.9. The van der Waals surface area contributed by atoms with Gasteiger partial charge in [-0.05, 0) is 20.8 Å². The molecule has 0 saturated heterocycles. The van der Waals surface area contributed by atoms with Gasteiger partial charge in [-0.2, -0.15) is 8.78 Å². The predicted octanol–water partition coefficient (Wildman–Crippen LogP) is 3.35. The van der Waals surface area contributed by atoms with E-state index in [4.69, 9.17) is 18.0 Å².